The molecule has 0 amide bonds. The number of hydrogen-bond acceptors (Lipinski definition) is 9. The number of sulfonamides is 1. The number of ether oxygens (including phenoxy) is 4. The summed E-state index contributed by atoms with van der Waals surface area (Å²) in [7, 11) is 2.64. The summed E-state index contributed by atoms with van der Waals surface area (Å²) >= 11 is 0. The van der Waals surface area contributed by atoms with Gasteiger partial charge in [0.1, 0.15) is 6.79 Å². The van der Waals surface area contributed by atoms with E-state index < -0.39 is 10.0 Å². The zero-order chi connectivity index (χ0) is 26.6. The topological polar surface area (TPSA) is 115 Å². The molecule has 0 radical (unpaired) electrons. The van der Waals surface area contributed by atoms with Crippen LogP contribution in [0.1, 0.15) is 12.5 Å². The van der Waals surface area contributed by atoms with Gasteiger partial charge in [-0.15, -0.1) is 0 Å². The molecule has 1 aliphatic heterocycles. The number of hydrogen-bond donors (Lipinski definition) is 1. The summed E-state index contributed by atoms with van der Waals surface area (Å²) in [5.41, 5.74) is 1.17. The number of aliphatic hydroxyl groups is 1. The van der Waals surface area contributed by atoms with Crippen LogP contribution in [0.2, 0.25) is 0 Å². The Balaban J connectivity index is 0.000000395. The minimum Gasteiger partial charge on any atom is -0.493 e. The summed E-state index contributed by atoms with van der Waals surface area (Å²) in [6.45, 7) is 7.04. The number of carbonyl (C=O) groups excluding carboxylic acids is 1. The SMILES string of the molecule is C=O.COc1ccc(C)cc1OC.COc1ccc(S(=O)(=O)N2CCN(CO)C(C)C2)cc1OC. The van der Waals surface area contributed by atoms with Crippen LogP contribution in [0.15, 0.2) is 41.3 Å². The van der Waals surface area contributed by atoms with E-state index in [1.807, 2.05) is 43.7 Å². The molecule has 11 heteroatoms. The fraction of sp³-hybridized carbons (Fsp3) is 0.458. The van der Waals surface area contributed by atoms with E-state index in [0.717, 1.165) is 11.5 Å². The number of benzene rings is 2. The second-order valence-corrected chi connectivity index (χ2v) is 9.48. The van der Waals surface area contributed by atoms with Gasteiger partial charge < -0.3 is 28.8 Å². The number of nitrogens with zero attached hydrogens (tertiary/aromatic N) is 2. The van der Waals surface area contributed by atoms with Crippen LogP contribution in [0.3, 0.4) is 0 Å². The Morgan fingerprint density at radius 3 is 1.89 bits per heavy atom. The molecule has 1 aliphatic rings. The lowest BCUT2D eigenvalue weighted by molar-refractivity contribution is -0.0980. The Hall–Kier alpha value is -2.86. The van der Waals surface area contributed by atoms with Crippen LogP contribution in [0.4, 0.5) is 0 Å². The van der Waals surface area contributed by atoms with E-state index in [1.165, 1.54) is 36.2 Å². The summed E-state index contributed by atoms with van der Waals surface area (Å²) in [6, 6.07) is 10.4. The van der Waals surface area contributed by atoms with Gasteiger partial charge in [-0.05, 0) is 43.7 Å². The minimum absolute atomic E-state index is 0.0336. The highest BCUT2D eigenvalue weighted by molar-refractivity contribution is 7.89. The maximum absolute atomic E-state index is 12.7. The van der Waals surface area contributed by atoms with Gasteiger partial charge in [0.05, 0.1) is 40.1 Å². The van der Waals surface area contributed by atoms with E-state index in [9.17, 15) is 13.5 Å². The van der Waals surface area contributed by atoms with Crippen molar-refractivity contribution in [3.05, 3.63) is 42.0 Å². The van der Waals surface area contributed by atoms with Crippen LogP contribution in [-0.2, 0) is 14.8 Å². The third kappa shape index (κ3) is 7.82. The second-order valence-electron chi connectivity index (χ2n) is 7.54. The fourth-order valence-corrected chi connectivity index (χ4v) is 4.99. The van der Waals surface area contributed by atoms with Gasteiger partial charge in [0.15, 0.2) is 23.0 Å². The van der Waals surface area contributed by atoms with Crippen molar-refractivity contribution in [2.45, 2.75) is 24.8 Å². The average molecular weight is 513 g/mol. The summed E-state index contributed by atoms with van der Waals surface area (Å²) in [6.07, 6.45) is 0. The fourth-order valence-electron chi connectivity index (χ4n) is 3.46. The number of piperazine rings is 1. The molecule has 0 spiro atoms. The van der Waals surface area contributed by atoms with Gasteiger partial charge in [0.2, 0.25) is 10.0 Å². The molecule has 1 atom stereocenters. The lowest BCUT2D eigenvalue weighted by Gasteiger charge is -2.37. The molecule has 1 unspecified atom stereocenters. The predicted molar refractivity (Wildman–Crippen MR) is 133 cm³/mol. The number of carbonyl (C=O) groups is 1. The van der Waals surface area contributed by atoms with E-state index in [1.54, 1.807) is 20.3 Å². The quantitative estimate of drug-likeness (QED) is 0.596. The average Bonchev–Trinajstić information content (AvgIpc) is 2.89. The number of aryl methyl sites for hydroxylation is 1. The van der Waals surface area contributed by atoms with Crippen LogP contribution in [0, 0.1) is 6.92 Å². The van der Waals surface area contributed by atoms with Gasteiger partial charge >= 0.3 is 0 Å². The van der Waals surface area contributed by atoms with Crippen LogP contribution >= 0.6 is 0 Å². The first-order valence-corrected chi connectivity index (χ1v) is 12.2. The highest BCUT2D eigenvalue weighted by atomic mass is 32.2. The Bertz CT molecular complexity index is 1030. The third-order valence-corrected chi connectivity index (χ3v) is 7.30. The molecule has 1 heterocycles. The predicted octanol–water partition coefficient (Wildman–Crippen LogP) is 2.18. The molecular weight excluding hydrogens is 476 g/mol. The van der Waals surface area contributed by atoms with Crippen molar-refractivity contribution in [3.8, 4) is 23.0 Å². The van der Waals surface area contributed by atoms with Crippen LogP contribution in [-0.4, -0.2) is 90.4 Å². The van der Waals surface area contributed by atoms with Gasteiger partial charge in [0.25, 0.3) is 0 Å². The normalized spacial score (nSPS) is 16.1. The molecule has 35 heavy (non-hydrogen) atoms. The van der Waals surface area contributed by atoms with E-state index in [-0.39, 0.29) is 17.7 Å². The molecule has 1 N–H and O–H groups in total. The highest BCUT2D eigenvalue weighted by Gasteiger charge is 2.32. The smallest absolute Gasteiger partial charge is 0.243 e. The maximum Gasteiger partial charge on any atom is 0.243 e. The number of methoxy groups -OCH3 is 4. The second kappa shape index (κ2) is 14.5. The van der Waals surface area contributed by atoms with Gasteiger partial charge in [-0.3, -0.25) is 4.90 Å². The molecule has 0 aromatic heterocycles. The summed E-state index contributed by atoms with van der Waals surface area (Å²) in [4.78, 5) is 10.0. The van der Waals surface area contributed by atoms with Crippen molar-refractivity contribution in [2.75, 3.05) is 54.8 Å². The largest absolute Gasteiger partial charge is 0.493 e. The van der Waals surface area contributed by atoms with Crippen molar-refractivity contribution in [3.63, 3.8) is 0 Å². The van der Waals surface area contributed by atoms with Crippen molar-refractivity contribution in [1.29, 1.82) is 0 Å². The molecule has 2 aromatic rings. The minimum atomic E-state index is -3.59. The van der Waals surface area contributed by atoms with Crippen molar-refractivity contribution < 1.29 is 37.3 Å². The molecule has 1 saturated heterocycles. The molecule has 2 aromatic carbocycles. The molecular formula is C24H36N2O8S. The molecule has 3 rings (SSSR count). The number of rotatable bonds is 7. The van der Waals surface area contributed by atoms with Gasteiger partial charge in [-0.25, -0.2) is 8.42 Å². The standard InChI is InChI=1S/C14H22N2O5S.C9H12O2.CH2O/c1-11-9-16(7-6-15(11)10-17)22(18,19)12-4-5-13(20-2)14(8-12)21-3;1-7-4-5-8(10-2)9(6-7)11-3;1-2/h4-5,8,11,17H,6-7,9-10H2,1-3H3;4-6H,1-3H3;1H2. The Morgan fingerprint density at radius 2 is 1.40 bits per heavy atom. The maximum atomic E-state index is 12.7. The monoisotopic (exact) mass is 512 g/mol. The van der Waals surface area contributed by atoms with Crippen molar-refractivity contribution >= 4 is 16.8 Å². The lowest BCUT2D eigenvalue weighted by Crippen LogP contribution is -2.53. The van der Waals surface area contributed by atoms with E-state index in [2.05, 4.69) is 0 Å². The van der Waals surface area contributed by atoms with E-state index in [0.29, 0.717) is 31.1 Å². The van der Waals surface area contributed by atoms with Gasteiger partial charge in [-0.2, -0.15) is 4.31 Å². The number of aliphatic hydroxyl groups excluding tert-OH is 1. The van der Waals surface area contributed by atoms with Crippen LogP contribution in [0.5, 0.6) is 23.0 Å². The molecule has 1 fully saturated rings. The van der Waals surface area contributed by atoms with E-state index >= 15 is 0 Å². The van der Waals surface area contributed by atoms with Gasteiger partial charge in [0, 0.05) is 31.7 Å². The zero-order valence-electron chi connectivity index (χ0n) is 21.2. The first-order chi connectivity index (χ1) is 16.7. The van der Waals surface area contributed by atoms with Gasteiger partial charge in [-0.1, -0.05) is 6.07 Å². The summed E-state index contributed by atoms with van der Waals surface area (Å²) in [5.74, 6) is 2.43. The summed E-state index contributed by atoms with van der Waals surface area (Å²) < 4.78 is 47.4. The molecule has 196 valence electrons. The molecule has 0 aliphatic carbocycles. The Kier molecular flexibility index (Phi) is 12.5. The van der Waals surface area contributed by atoms with Crippen molar-refractivity contribution in [2.24, 2.45) is 0 Å². The van der Waals surface area contributed by atoms with E-state index in [4.69, 9.17) is 23.7 Å². The molecule has 0 saturated carbocycles. The third-order valence-electron chi connectivity index (χ3n) is 5.44. The molecule has 10 nitrogen and oxygen atoms in total. The lowest BCUT2D eigenvalue weighted by atomic mass is 10.2. The van der Waals surface area contributed by atoms with Crippen molar-refractivity contribution in [1.82, 2.24) is 9.21 Å². The first-order valence-electron chi connectivity index (χ1n) is 10.8. The zero-order valence-corrected chi connectivity index (χ0v) is 22.0. The first kappa shape index (κ1) is 30.2. The Morgan fingerprint density at radius 1 is 0.886 bits per heavy atom. The van der Waals surface area contributed by atoms with Crippen LogP contribution < -0.4 is 18.9 Å². The highest BCUT2D eigenvalue weighted by Crippen LogP contribution is 2.31. The Labute approximate surface area is 208 Å². The van der Waals surface area contributed by atoms with Crippen LogP contribution in [0.25, 0.3) is 0 Å². The molecule has 0 bridgehead atoms. The summed E-state index contributed by atoms with van der Waals surface area (Å²) in [5, 5.41) is 9.22.